The van der Waals surface area contributed by atoms with Crippen LogP contribution in [-0.2, 0) is 16.1 Å². The maximum atomic E-state index is 12.7. The number of hydrogen-bond donors (Lipinski definition) is 0. The van der Waals surface area contributed by atoms with Crippen LogP contribution in [0.1, 0.15) is 36.9 Å². The average Bonchev–Trinajstić information content (AvgIpc) is 3.09. The van der Waals surface area contributed by atoms with Gasteiger partial charge in [0, 0.05) is 11.8 Å². The number of fused-ring (bicyclic) bond motifs is 1. The molecule has 0 radical (unpaired) electrons. The predicted molar refractivity (Wildman–Crippen MR) is 100 cm³/mol. The van der Waals surface area contributed by atoms with Crippen molar-refractivity contribution >= 4 is 40.8 Å². The number of carbonyl (C=O) groups is 2. The molecule has 2 amide bonds. The number of hydrogen-bond acceptors (Lipinski definition) is 3. The van der Waals surface area contributed by atoms with Crippen molar-refractivity contribution < 1.29 is 9.59 Å². The zero-order chi connectivity index (χ0) is 18.4. The molecule has 136 valence electrons. The fraction of sp³-hybridized carbons (Fsp3) is 0.421. The lowest BCUT2D eigenvalue weighted by Crippen LogP contribution is -2.31. The van der Waals surface area contributed by atoms with Gasteiger partial charge in [-0.15, -0.1) is 0 Å². The van der Waals surface area contributed by atoms with E-state index >= 15 is 0 Å². The molecule has 7 heteroatoms. The summed E-state index contributed by atoms with van der Waals surface area (Å²) in [6.07, 6.45) is 3.63. The number of rotatable bonds is 3. The number of carbonyl (C=O) groups excluding carboxylic acids is 2. The van der Waals surface area contributed by atoms with Gasteiger partial charge in [-0.25, -0.2) is 4.90 Å². The molecule has 1 aliphatic heterocycles. The van der Waals surface area contributed by atoms with Crippen LogP contribution in [-0.4, -0.2) is 21.6 Å². The second-order valence-corrected chi connectivity index (χ2v) is 7.87. The molecule has 1 aliphatic carbocycles. The van der Waals surface area contributed by atoms with Gasteiger partial charge < -0.3 is 0 Å². The molecule has 2 aromatic rings. The minimum Gasteiger partial charge on any atom is -0.274 e. The molecule has 0 N–H and O–H groups in total. The van der Waals surface area contributed by atoms with E-state index < -0.39 is 0 Å². The standard InChI is InChI=1S/C19H19Cl2N3O2/c1-11-8-17(22-23(11)10-12-6-7-15(20)16(21)9-12)24-18(25)13-4-2-3-5-14(13)19(24)26/h6-9,13-14H,2-5,10H2,1H3. The van der Waals surface area contributed by atoms with E-state index in [2.05, 4.69) is 5.10 Å². The molecule has 2 atom stereocenters. The molecule has 1 aromatic heterocycles. The van der Waals surface area contributed by atoms with Crippen molar-refractivity contribution in [2.24, 2.45) is 11.8 Å². The van der Waals surface area contributed by atoms with Gasteiger partial charge in [0.05, 0.1) is 28.4 Å². The average molecular weight is 392 g/mol. The molecule has 5 nitrogen and oxygen atoms in total. The first-order valence-corrected chi connectivity index (χ1v) is 9.57. The van der Waals surface area contributed by atoms with Gasteiger partial charge in [0.2, 0.25) is 11.8 Å². The third-order valence-electron chi connectivity index (χ3n) is 5.35. The topological polar surface area (TPSA) is 55.2 Å². The van der Waals surface area contributed by atoms with Crippen molar-refractivity contribution in [1.82, 2.24) is 9.78 Å². The summed E-state index contributed by atoms with van der Waals surface area (Å²) in [7, 11) is 0. The third-order valence-corrected chi connectivity index (χ3v) is 6.09. The highest BCUT2D eigenvalue weighted by atomic mass is 35.5. The molecule has 1 aromatic carbocycles. The Labute approximate surface area is 161 Å². The number of aromatic nitrogens is 2. The van der Waals surface area contributed by atoms with Crippen LogP contribution in [0.2, 0.25) is 10.0 Å². The van der Waals surface area contributed by atoms with Gasteiger partial charge in [0.25, 0.3) is 0 Å². The number of aryl methyl sites for hydroxylation is 1. The molecule has 0 bridgehead atoms. The molecule has 2 unspecified atom stereocenters. The lowest BCUT2D eigenvalue weighted by molar-refractivity contribution is -0.122. The maximum absolute atomic E-state index is 12.7. The SMILES string of the molecule is Cc1cc(N2C(=O)C3CCCCC3C2=O)nn1Cc1ccc(Cl)c(Cl)c1. The van der Waals surface area contributed by atoms with Gasteiger partial charge >= 0.3 is 0 Å². The van der Waals surface area contributed by atoms with Gasteiger partial charge in [-0.3, -0.25) is 14.3 Å². The number of imide groups is 1. The lowest BCUT2D eigenvalue weighted by Gasteiger charge is -2.19. The first-order chi connectivity index (χ1) is 12.5. The van der Waals surface area contributed by atoms with Crippen molar-refractivity contribution in [2.75, 3.05) is 4.90 Å². The molecule has 2 aliphatic rings. The highest BCUT2D eigenvalue weighted by Gasteiger charge is 2.49. The first kappa shape index (κ1) is 17.6. The Morgan fingerprint density at radius 2 is 1.69 bits per heavy atom. The van der Waals surface area contributed by atoms with E-state index in [1.807, 2.05) is 13.0 Å². The Balaban J connectivity index is 1.61. The minimum absolute atomic E-state index is 0.0983. The van der Waals surface area contributed by atoms with E-state index in [1.54, 1.807) is 22.9 Å². The van der Waals surface area contributed by atoms with Gasteiger partial charge in [-0.1, -0.05) is 42.1 Å². The van der Waals surface area contributed by atoms with E-state index in [0.717, 1.165) is 36.9 Å². The number of amides is 2. The van der Waals surface area contributed by atoms with Crippen LogP contribution in [0.25, 0.3) is 0 Å². The number of nitrogens with zero attached hydrogens (tertiary/aromatic N) is 3. The highest BCUT2D eigenvalue weighted by molar-refractivity contribution is 6.42. The van der Waals surface area contributed by atoms with E-state index in [0.29, 0.717) is 22.4 Å². The van der Waals surface area contributed by atoms with Gasteiger partial charge in [0.1, 0.15) is 0 Å². The van der Waals surface area contributed by atoms with Crippen LogP contribution in [0, 0.1) is 18.8 Å². The maximum Gasteiger partial charge on any atom is 0.238 e. The molecule has 1 saturated carbocycles. The fourth-order valence-corrected chi connectivity index (χ4v) is 4.28. The Morgan fingerprint density at radius 1 is 1.04 bits per heavy atom. The molecule has 1 saturated heterocycles. The van der Waals surface area contributed by atoms with Crippen LogP contribution in [0.3, 0.4) is 0 Å². The number of benzene rings is 1. The molecule has 2 heterocycles. The van der Waals surface area contributed by atoms with Gasteiger partial charge in [-0.05, 0) is 37.5 Å². The summed E-state index contributed by atoms with van der Waals surface area (Å²) < 4.78 is 1.78. The summed E-state index contributed by atoms with van der Waals surface area (Å²) in [6, 6.07) is 7.23. The molecule has 2 fully saturated rings. The Morgan fingerprint density at radius 3 is 2.31 bits per heavy atom. The molecule has 0 spiro atoms. The Hall–Kier alpha value is -1.85. The zero-order valence-corrected chi connectivity index (χ0v) is 15.9. The summed E-state index contributed by atoms with van der Waals surface area (Å²) in [5.41, 5.74) is 1.83. The van der Waals surface area contributed by atoms with Crippen LogP contribution in [0.15, 0.2) is 24.3 Å². The first-order valence-electron chi connectivity index (χ1n) is 8.82. The van der Waals surface area contributed by atoms with Crippen molar-refractivity contribution in [2.45, 2.75) is 39.2 Å². The summed E-state index contributed by atoms with van der Waals surface area (Å²) in [4.78, 5) is 26.8. The molecule has 4 rings (SSSR count). The van der Waals surface area contributed by atoms with Gasteiger partial charge in [-0.2, -0.15) is 5.10 Å². The lowest BCUT2D eigenvalue weighted by atomic mass is 9.81. The number of halogens is 2. The van der Waals surface area contributed by atoms with Crippen molar-refractivity contribution in [3.63, 3.8) is 0 Å². The zero-order valence-electron chi connectivity index (χ0n) is 14.4. The van der Waals surface area contributed by atoms with Crippen LogP contribution in [0.5, 0.6) is 0 Å². The number of anilines is 1. The van der Waals surface area contributed by atoms with E-state index in [4.69, 9.17) is 23.2 Å². The normalized spacial score (nSPS) is 22.8. The van der Waals surface area contributed by atoms with Crippen LogP contribution < -0.4 is 4.90 Å². The summed E-state index contributed by atoms with van der Waals surface area (Å²) in [6.45, 7) is 2.40. The third kappa shape index (κ3) is 2.93. The largest absolute Gasteiger partial charge is 0.274 e. The van der Waals surface area contributed by atoms with Gasteiger partial charge in [0.15, 0.2) is 5.82 Å². The smallest absolute Gasteiger partial charge is 0.238 e. The second-order valence-electron chi connectivity index (χ2n) is 7.06. The van der Waals surface area contributed by atoms with Crippen LogP contribution in [0.4, 0.5) is 5.82 Å². The second kappa shape index (κ2) is 6.71. The Kier molecular flexibility index (Phi) is 4.53. The molecular weight excluding hydrogens is 373 g/mol. The van der Waals surface area contributed by atoms with E-state index in [1.165, 1.54) is 4.90 Å². The summed E-state index contributed by atoms with van der Waals surface area (Å²) >= 11 is 12.0. The highest BCUT2D eigenvalue weighted by Crippen LogP contribution is 2.39. The van der Waals surface area contributed by atoms with Crippen molar-refractivity contribution in [3.8, 4) is 0 Å². The van der Waals surface area contributed by atoms with Crippen molar-refractivity contribution in [3.05, 3.63) is 45.6 Å². The monoisotopic (exact) mass is 391 g/mol. The van der Waals surface area contributed by atoms with Crippen LogP contribution >= 0.6 is 23.2 Å². The quantitative estimate of drug-likeness (QED) is 0.735. The van der Waals surface area contributed by atoms with E-state index in [9.17, 15) is 9.59 Å². The summed E-state index contributed by atoms with van der Waals surface area (Å²) in [5, 5.41) is 5.52. The Bertz CT molecular complexity index is 869. The minimum atomic E-state index is -0.170. The van der Waals surface area contributed by atoms with Crippen molar-refractivity contribution in [1.29, 1.82) is 0 Å². The fourth-order valence-electron chi connectivity index (χ4n) is 3.96. The summed E-state index contributed by atoms with van der Waals surface area (Å²) in [5.74, 6) is -0.113. The molecule has 26 heavy (non-hydrogen) atoms. The van der Waals surface area contributed by atoms with E-state index in [-0.39, 0.29) is 23.7 Å². The molecular formula is C19H19Cl2N3O2. The predicted octanol–water partition coefficient (Wildman–Crippen LogP) is 4.23.